The average Bonchev–Trinajstić information content (AvgIpc) is 2.86. The fourth-order valence-corrected chi connectivity index (χ4v) is 3.89. The minimum atomic E-state index is 0.568. The number of hydrogen-bond donors (Lipinski definition) is 0. The fraction of sp³-hybridized carbons (Fsp3) is 0.294. The Labute approximate surface area is 113 Å². The van der Waals surface area contributed by atoms with Crippen LogP contribution >= 0.6 is 11.8 Å². The lowest BCUT2D eigenvalue weighted by molar-refractivity contribution is 0.794. The van der Waals surface area contributed by atoms with E-state index in [0.29, 0.717) is 11.2 Å². The topological polar surface area (TPSA) is 0 Å². The van der Waals surface area contributed by atoms with Crippen LogP contribution in [0.3, 0.4) is 0 Å². The van der Waals surface area contributed by atoms with Crippen molar-refractivity contribution < 1.29 is 0 Å². The predicted molar refractivity (Wildman–Crippen MR) is 81.4 cm³/mol. The van der Waals surface area contributed by atoms with Gasteiger partial charge in [0, 0.05) is 10.2 Å². The van der Waals surface area contributed by atoms with Gasteiger partial charge in [-0.2, -0.15) is 0 Å². The smallest absolute Gasteiger partial charge is 0.0328 e. The van der Waals surface area contributed by atoms with Crippen LogP contribution in [-0.4, -0.2) is 5.25 Å². The second-order valence-corrected chi connectivity index (χ2v) is 6.64. The first-order chi connectivity index (χ1) is 8.66. The van der Waals surface area contributed by atoms with E-state index >= 15 is 0 Å². The molecule has 1 aromatic rings. The van der Waals surface area contributed by atoms with Gasteiger partial charge >= 0.3 is 0 Å². The Bertz CT molecular complexity index is 559. The van der Waals surface area contributed by atoms with Crippen LogP contribution in [0, 0.1) is 5.92 Å². The molecule has 1 unspecified atom stereocenters. The lowest BCUT2D eigenvalue weighted by Crippen LogP contribution is -1.97. The van der Waals surface area contributed by atoms with Crippen molar-refractivity contribution in [1.82, 2.24) is 0 Å². The summed E-state index contributed by atoms with van der Waals surface area (Å²) in [7, 11) is 0. The van der Waals surface area contributed by atoms with Crippen LogP contribution in [0.5, 0.6) is 0 Å². The third kappa shape index (κ3) is 1.87. The predicted octanol–water partition coefficient (Wildman–Crippen LogP) is 5.06. The summed E-state index contributed by atoms with van der Waals surface area (Å²) in [6, 6.07) is 10.8. The van der Waals surface area contributed by atoms with E-state index in [1.54, 1.807) is 0 Å². The van der Waals surface area contributed by atoms with Gasteiger partial charge in [0.15, 0.2) is 0 Å². The molecule has 92 valence electrons. The van der Waals surface area contributed by atoms with Gasteiger partial charge in [0.2, 0.25) is 0 Å². The van der Waals surface area contributed by atoms with Crippen LogP contribution in [0.1, 0.15) is 26.3 Å². The zero-order valence-corrected chi connectivity index (χ0v) is 11.9. The Morgan fingerprint density at radius 2 is 1.78 bits per heavy atom. The zero-order chi connectivity index (χ0) is 12.7. The summed E-state index contributed by atoms with van der Waals surface area (Å²) in [5.74, 6) is 0.614. The van der Waals surface area contributed by atoms with Gasteiger partial charge in [-0.25, -0.2) is 0 Å². The summed E-state index contributed by atoms with van der Waals surface area (Å²) in [5.41, 5.74) is 5.80. The molecule has 0 radical (unpaired) electrons. The lowest BCUT2D eigenvalue weighted by Gasteiger charge is -2.10. The fourth-order valence-electron chi connectivity index (χ4n) is 2.63. The number of allylic oxidation sites excluding steroid dienone is 4. The van der Waals surface area contributed by atoms with Crippen molar-refractivity contribution in [2.75, 3.05) is 0 Å². The molecular weight excluding hydrogens is 236 g/mol. The van der Waals surface area contributed by atoms with Crippen LogP contribution in [-0.2, 0) is 0 Å². The van der Waals surface area contributed by atoms with E-state index in [-0.39, 0.29) is 0 Å². The van der Waals surface area contributed by atoms with Crippen LogP contribution < -0.4 is 0 Å². The number of benzene rings is 1. The standard InChI is InChI=1S/C17H18S/c1-11(2)14-9-15-16(10-14)18-12(3)17(15)13-7-5-4-6-8-13/h4-12H,1-3H3. The van der Waals surface area contributed by atoms with Gasteiger partial charge in [0.05, 0.1) is 0 Å². The second-order valence-electron chi connectivity index (χ2n) is 5.26. The number of rotatable bonds is 2. The van der Waals surface area contributed by atoms with Crippen molar-refractivity contribution in [3.05, 3.63) is 64.1 Å². The van der Waals surface area contributed by atoms with Crippen LogP contribution in [0.2, 0.25) is 0 Å². The van der Waals surface area contributed by atoms with Crippen molar-refractivity contribution >= 4 is 17.3 Å². The molecular formula is C17H18S. The Morgan fingerprint density at radius 3 is 2.44 bits per heavy atom. The van der Waals surface area contributed by atoms with Gasteiger partial charge in [-0.05, 0) is 47.3 Å². The molecule has 0 saturated carbocycles. The Morgan fingerprint density at radius 1 is 1.06 bits per heavy atom. The molecule has 1 aliphatic heterocycles. The molecule has 2 aliphatic rings. The van der Waals surface area contributed by atoms with Gasteiger partial charge in [0.1, 0.15) is 0 Å². The molecule has 1 heterocycles. The van der Waals surface area contributed by atoms with E-state index in [4.69, 9.17) is 0 Å². The molecule has 1 aromatic carbocycles. The van der Waals surface area contributed by atoms with E-state index in [1.807, 2.05) is 11.8 Å². The molecule has 1 aliphatic carbocycles. The third-order valence-electron chi connectivity index (χ3n) is 3.63. The van der Waals surface area contributed by atoms with Crippen molar-refractivity contribution in [3.63, 3.8) is 0 Å². The highest BCUT2D eigenvalue weighted by molar-refractivity contribution is 8.04. The highest BCUT2D eigenvalue weighted by atomic mass is 32.2. The van der Waals surface area contributed by atoms with E-state index in [9.17, 15) is 0 Å². The summed E-state index contributed by atoms with van der Waals surface area (Å²) < 4.78 is 0. The first kappa shape index (κ1) is 11.9. The van der Waals surface area contributed by atoms with E-state index in [2.05, 4.69) is 63.3 Å². The highest BCUT2D eigenvalue weighted by Crippen LogP contribution is 2.50. The van der Waals surface area contributed by atoms with Crippen molar-refractivity contribution in [3.8, 4) is 0 Å². The first-order valence-electron chi connectivity index (χ1n) is 6.56. The lowest BCUT2D eigenvalue weighted by atomic mass is 9.97. The van der Waals surface area contributed by atoms with Gasteiger partial charge < -0.3 is 0 Å². The number of thioether (sulfide) groups is 1. The molecule has 0 N–H and O–H groups in total. The van der Waals surface area contributed by atoms with Gasteiger partial charge in [-0.3, -0.25) is 0 Å². The van der Waals surface area contributed by atoms with Gasteiger partial charge in [-0.1, -0.05) is 44.2 Å². The quantitative estimate of drug-likeness (QED) is 0.711. The zero-order valence-electron chi connectivity index (χ0n) is 11.1. The molecule has 0 saturated heterocycles. The maximum atomic E-state index is 2.39. The summed E-state index contributed by atoms with van der Waals surface area (Å²) in [5, 5.41) is 0.568. The number of hydrogen-bond acceptors (Lipinski definition) is 1. The second kappa shape index (κ2) is 4.47. The molecule has 1 heteroatoms. The Kier molecular flexibility index (Phi) is 2.95. The molecule has 0 bridgehead atoms. The van der Waals surface area contributed by atoms with Crippen LogP contribution in [0.4, 0.5) is 0 Å². The van der Waals surface area contributed by atoms with E-state index < -0.39 is 0 Å². The summed E-state index contributed by atoms with van der Waals surface area (Å²) in [4.78, 5) is 1.46. The molecule has 0 fully saturated rings. The minimum Gasteiger partial charge on any atom is -0.118 e. The Hall–Kier alpha value is -1.21. The maximum Gasteiger partial charge on any atom is 0.0328 e. The van der Waals surface area contributed by atoms with Crippen LogP contribution in [0.15, 0.2) is 58.5 Å². The maximum absolute atomic E-state index is 2.39. The molecule has 0 aromatic heterocycles. The molecule has 0 nitrogen and oxygen atoms in total. The summed E-state index contributed by atoms with van der Waals surface area (Å²) in [6.07, 6.45) is 4.76. The van der Waals surface area contributed by atoms with Crippen LogP contribution in [0.25, 0.3) is 5.57 Å². The molecule has 3 rings (SSSR count). The number of fused-ring (bicyclic) bond motifs is 1. The monoisotopic (exact) mass is 254 g/mol. The largest absolute Gasteiger partial charge is 0.118 e. The Balaban J connectivity index is 2.11. The molecule has 18 heavy (non-hydrogen) atoms. The first-order valence-corrected chi connectivity index (χ1v) is 7.44. The van der Waals surface area contributed by atoms with E-state index in [0.717, 1.165) is 0 Å². The van der Waals surface area contributed by atoms with Crippen molar-refractivity contribution in [2.45, 2.75) is 26.0 Å². The average molecular weight is 254 g/mol. The van der Waals surface area contributed by atoms with E-state index in [1.165, 1.54) is 27.2 Å². The summed E-state index contributed by atoms with van der Waals surface area (Å²) in [6.45, 7) is 6.84. The van der Waals surface area contributed by atoms with Crippen molar-refractivity contribution in [2.24, 2.45) is 5.92 Å². The molecule has 0 amide bonds. The van der Waals surface area contributed by atoms with Gasteiger partial charge in [0.25, 0.3) is 0 Å². The summed E-state index contributed by atoms with van der Waals surface area (Å²) >= 11 is 2.00. The highest BCUT2D eigenvalue weighted by Gasteiger charge is 2.30. The normalized spacial score (nSPS) is 22.3. The molecule has 0 spiro atoms. The third-order valence-corrected chi connectivity index (χ3v) is 4.81. The molecule has 1 atom stereocenters. The minimum absolute atomic E-state index is 0.568. The van der Waals surface area contributed by atoms with Crippen molar-refractivity contribution in [1.29, 1.82) is 0 Å². The van der Waals surface area contributed by atoms with Gasteiger partial charge in [-0.15, -0.1) is 11.8 Å². The SMILES string of the molecule is CC(C)C1=CC2=C(c3ccccc3)C(C)SC2=C1.